The predicted octanol–water partition coefficient (Wildman–Crippen LogP) is 3.93. The second-order valence-corrected chi connectivity index (χ2v) is 4.75. The minimum Gasteiger partial charge on any atom is -0.494 e. The molecule has 0 amide bonds. The zero-order chi connectivity index (χ0) is 13.5. The molecule has 0 fully saturated rings. The van der Waals surface area contributed by atoms with Gasteiger partial charge in [0, 0.05) is 12.0 Å². The number of halogens is 1. The number of benzene rings is 1. The molecule has 0 radical (unpaired) electrons. The van der Waals surface area contributed by atoms with Crippen LogP contribution >= 0.6 is 11.6 Å². The Labute approximate surface area is 113 Å². The summed E-state index contributed by atoms with van der Waals surface area (Å²) in [5.41, 5.74) is 2.07. The van der Waals surface area contributed by atoms with Gasteiger partial charge in [0.15, 0.2) is 0 Å². The van der Waals surface area contributed by atoms with E-state index in [9.17, 15) is 4.79 Å². The molecule has 1 atom stereocenters. The van der Waals surface area contributed by atoms with Crippen LogP contribution in [0, 0.1) is 6.92 Å². The molecule has 100 valence electrons. The van der Waals surface area contributed by atoms with Crippen molar-refractivity contribution in [3.63, 3.8) is 0 Å². The van der Waals surface area contributed by atoms with Crippen LogP contribution in [0.15, 0.2) is 18.2 Å². The molecule has 0 bridgehead atoms. The van der Waals surface area contributed by atoms with Gasteiger partial charge in [0.2, 0.25) is 0 Å². The van der Waals surface area contributed by atoms with Crippen LogP contribution in [0.1, 0.15) is 42.7 Å². The molecule has 0 aliphatic heterocycles. The van der Waals surface area contributed by atoms with Crippen molar-refractivity contribution in [2.24, 2.45) is 0 Å². The number of rotatable bonds is 7. The average molecular weight is 271 g/mol. The van der Waals surface area contributed by atoms with Crippen LogP contribution in [0.25, 0.3) is 0 Å². The molecule has 0 aromatic heterocycles. The summed E-state index contributed by atoms with van der Waals surface area (Å²) in [4.78, 5) is 10.5. The van der Waals surface area contributed by atoms with Gasteiger partial charge in [0.05, 0.1) is 12.0 Å². The second kappa shape index (κ2) is 7.27. The topological polar surface area (TPSA) is 46.5 Å². The Morgan fingerprint density at radius 2 is 2.22 bits per heavy atom. The van der Waals surface area contributed by atoms with E-state index in [0.717, 1.165) is 16.9 Å². The zero-order valence-electron chi connectivity index (χ0n) is 10.8. The van der Waals surface area contributed by atoms with Gasteiger partial charge in [-0.05, 0) is 32.8 Å². The molecule has 0 aliphatic carbocycles. The normalized spacial score (nSPS) is 12.2. The third kappa shape index (κ3) is 4.57. The van der Waals surface area contributed by atoms with Crippen molar-refractivity contribution in [3.8, 4) is 5.75 Å². The summed E-state index contributed by atoms with van der Waals surface area (Å²) in [6.07, 6.45) is 1.36. The van der Waals surface area contributed by atoms with Crippen LogP contribution in [0.2, 0.25) is 0 Å². The van der Waals surface area contributed by atoms with E-state index in [1.54, 1.807) is 0 Å². The number of hydrogen-bond donors (Lipinski definition) is 1. The van der Waals surface area contributed by atoms with Gasteiger partial charge in [-0.25, -0.2) is 0 Å². The van der Waals surface area contributed by atoms with Crippen molar-refractivity contribution in [2.45, 2.75) is 38.5 Å². The molecule has 1 unspecified atom stereocenters. The Bertz CT molecular complexity index is 404. The number of carboxylic acid groups (broad SMARTS) is 1. The van der Waals surface area contributed by atoms with Gasteiger partial charge in [0.1, 0.15) is 5.75 Å². The van der Waals surface area contributed by atoms with Gasteiger partial charge in [-0.1, -0.05) is 17.7 Å². The number of carbonyl (C=O) groups is 1. The maximum Gasteiger partial charge on any atom is 0.303 e. The Hall–Kier alpha value is -1.22. The molecule has 1 rings (SSSR count). The lowest BCUT2D eigenvalue weighted by atomic mass is 10.0. The van der Waals surface area contributed by atoms with Crippen molar-refractivity contribution >= 4 is 17.6 Å². The van der Waals surface area contributed by atoms with Gasteiger partial charge < -0.3 is 9.84 Å². The zero-order valence-corrected chi connectivity index (χ0v) is 11.5. The minimum absolute atomic E-state index is 0.152. The van der Waals surface area contributed by atoms with Gasteiger partial charge in [-0.2, -0.15) is 0 Å². The molecule has 1 aromatic rings. The predicted molar refractivity (Wildman–Crippen MR) is 72.4 cm³/mol. The number of hydrogen-bond acceptors (Lipinski definition) is 2. The first-order valence-electron chi connectivity index (χ1n) is 6.13. The van der Waals surface area contributed by atoms with E-state index in [4.69, 9.17) is 21.4 Å². The lowest BCUT2D eigenvalue weighted by molar-refractivity contribution is -0.137. The smallest absolute Gasteiger partial charge is 0.303 e. The first-order chi connectivity index (χ1) is 8.54. The van der Waals surface area contributed by atoms with Crippen LogP contribution in [0.5, 0.6) is 5.75 Å². The van der Waals surface area contributed by atoms with E-state index >= 15 is 0 Å². The van der Waals surface area contributed by atoms with Gasteiger partial charge in [-0.15, -0.1) is 11.6 Å². The van der Waals surface area contributed by atoms with Gasteiger partial charge in [0.25, 0.3) is 0 Å². The molecule has 3 nitrogen and oxygen atoms in total. The third-order valence-electron chi connectivity index (χ3n) is 2.65. The summed E-state index contributed by atoms with van der Waals surface area (Å²) >= 11 is 6.33. The molecule has 1 N–H and O–H groups in total. The first kappa shape index (κ1) is 14.8. The monoisotopic (exact) mass is 270 g/mol. The maximum absolute atomic E-state index is 10.5. The van der Waals surface area contributed by atoms with E-state index in [0.29, 0.717) is 19.4 Å². The van der Waals surface area contributed by atoms with Crippen LogP contribution in [0.4, 0.5) is 0 Å². The Morgan fingerprint density at radius 1 is 1.50 bits per heavy atom. The largest absolute Gasteiger partial charge is 0.494 e. The van der Waals surface area contributed by atoms with Crippen LogP contribution in [-0.2, 0) is 4.79 Å². The van der Waals surface area contributed by atoms with Gasteiger partial charge in [-0.3, -0.25) is 4.79 Å². The van der Waals surface area contributed by atoms with Gasteiger partial charge >= 0.3 is 5.97 Å². The van der Waals surface area contributed by atoms with Crippen molar-refractivity contribution in [1.82, 2.24) is 0 Å². The molecule has 0 saturated heterocycles. The minimum atomic E-state index is -0.784. The lowest BCUT2D eigenvalue weighted by Crippen LogP contribution is -2.01. The Morgan fingerprint density at radius 3 is 2.83 bits per heavy atom. The molecule has 1 aromatic carbocycles. The molecule has 0 spiro atoms. The molecule has 4 heteroatoms. The summed E-state index contributed by atoms with van der Waals surface area (Å²) in [7, 11) is 0. The Balaban J connectivity index is 2.72. The fourth-order valence-corrected chi connectivity index (χ4v) is 2.11. The van der Waals surface area contributed by atoms with Crippen molar-refractivity contribution in [3.05, 3.63) is 29.3 Å². The summed E-state index contributed by atoms with van der Waals surface area (Å²) in [6, 6.07) is 5.90. The summed E-state index contributed by atoms with van der Waals surface area (Å²) in [6.45, 7) is 4.52. The highest BCUT2D eigenvalue weighted by atomic mass is 35.5. The van der Waals surface area contributed by atoms with Crippen LogP contribution < -0.4 is 4.74 Å². The van der Waals surface area contributed by atoms with E-state index < -0.39 is 5.97 Å². The molecular weight excluding hydrogens is 252 g/mol. The van der Waals surface area contributed by atoms with Crippen molar-refractivity contribution in [1.29, 1.82) is 0 Å². The van der Waals surface area contributed by atoms with Crippen LogP contribution in [-0.4, -0.2) is 17.7 Å². The number of alkyl halides is 1. The summed E-state index contributed by atoms with van der Waals surface area (Å²) < 4.78 is 5.54. The standard InChI is InChI=1S/C14H19ClO3/c1-3-18-13-8-7-10(2)9-11(13)12(15)5-4-6-14(16)17/h7-9,12H,3-6H2,1-2H3,(H,16,17). The highest BCUT2D eigenvalue weighted by Crippen LogP contribution is 2.34. The number of aliphatic carboxylic acids is 1. The molecule has 0 heterocycles. The third-order valence-corrected chi connectivity index (χ3v) is 3.10. The molecule has 18 heavy (non-hydrogen) atoms. The SMILES string of the molecule is CCOc1ccc(C)cc1C(Cl)CCCC(=O)O. The second-order valence-electron chi connectivity index (χ2n) is 4.23. The molecule has 0 saturated carbocycles. The number of ether oxygens (including phenoxy) is 1. The number of aryl methyl sites for hydroxylation is 1. The maximum atomic E-state index is 10.5. The quantitative estimate of drug-likeness (QED) is 0.764. The van der Waals surface area contributed by atoms with E-state index in [2.05, 4.69) is 0 Å². The summed E-state index contributed by atoms with van der Waals surface area (Å²) in [5, 5.41) is 8.41. The molecular formula is C14H19ClO3. The summed E-state index contributed by atoms with van der Waals surface area (Å²) in [5.74, 6) is 0.00608. The first-order valence-corrected chi connectivity index (χ1v) is 6.57. The highest BCUT2D eigenvalue weighted by molar-refractivity contribution is 6.21. The van der Waals surface area contributed by atoms with Crippen molar-refractivity contribution < 1.29 is 14.6 Å². The van der Waals surface area contributed by atoms with Crippen molar-refractivity contribution in [2.75, 3.05) is 6.61 Å². The van der Waals surface area contributed by atoms with E-state index in [1.807, 2.05) is 32.0 Å². The lowest BCUT2D eigenvalue weighted by Gasteiger charge is -2.15. The Kier molecular flexibility index (Phi) is 5.99. The fourth-order valence-electron chi connectivity index (χ4n) is 1.79. The van der Waals surface area contributed by atoms with Crippen LogP contribution in [0.3, 0.4) is 0 Å². The number of carboxylic acids is 1. The van der Waals surface area contributed by atoms with E-state index in [-0.39, 0.29) is 11.8 Å². The molecule has 0 aliphatic rings. The fraction of sp³-hybridized carbons (Fsp3) is 0.500. The average Bonchev–Trinajstić information content (AvgIpc) is 2.31. The highest BCUT2D eigenvalue weighted by Gasteiger charge is 2.14. The van der Waals surface area contributed by atoms with E-state index in [1.165, 1.54) is 0 Å².